The van der Waals surface area contributed by atoms with E-state index in [2.05, 4.69) is 69.7 Å². The van der Waals surface area contributed by atoms with Gasteiger partial charge in [0.15, 0.2) is 0 Å². The summed E-state index contributed by atoms with van der Waals surface area (Å²) in [6.07, 6.45) is 6.19. The Kier molecular flexibility index (Phi) is 14.8. The van der Waals surface area contributed by atoms with Gasteiger partial charge in [-0.2, -0.15) is 0 Å². The van der Waals surface area contributed by atoms with Crippen LogP contribution in [0, 0.1) is 0 Å². The third kappa shape index (κ3) is 10.6. The van der Waals surface area contributed by atoms with Crippen LogP contribution >= 0.6 is 0 Å². The summed E-state index contributed by atoms with van der Waals surface area (Å²) in [6.45, 7) is 17.5. The molecule has 2 aromatic rings. The Morgan fingerprint density at radius 2 is 0.760 bits per heavy atom. The first-order valence-corrected chi connectivity index (χ1v) is 17.9. The summed E-state index contributed by atoms with van der Waals surface area (Å²) < 4.78 is 1.74. The summed E-state index contributed by atoms with van der Waals surface area (Å²) in [5.74, 6) is -0.655. The van der Waals surface area contributed by atoms with E-state index in [9.17, 15) is 19.2 Å². The van der Waals surface area contributed by atoms with Gasteiger partial charge in [-0.3, -0.25) is 29.0 Å². The van der Waals surface area contributed by atoms with Crippen molar-refractivity contribution in [3.8, 4) is 0 Å². The zero-order valence-corrected chi connectivity index (χ0v) is 35.3. The summed E-state index contributed by atoms with van der Waals surface area (Å²) in [4.78, 5) is 54.9. The molecule has 0 atom stereocenters. The highest BCUT2D eigenvalue weighted by atomic mass is 79.9. The first-order valence-electron chi connectivity index (χ1n) is 17.9. The second-order valence-corrected chi connectivity index (χ2v) is 17.4. The monoisotopic (exact) mass is 818 g/mol. The number of hydrogen-bond acceptors (Lipinski definition) is 4. The third-order valence-electron chi connectivity index (χ3n) is 10.2. The molecule has 10 heteroatoms. The fourth-order valence-corrected chi connectivity index (χ4v) is 6.89. The van der Waals surface area contributed by atoms with Crippen molar-refractivity contribution in [3.63, 3.8) is 0 Å². The standard InChI is InChI=1S/C40H60N4O4.2BrH/c1-39(2,3)29-17-19-31-33(27-29)37(47)41(35(31)45)21-15-25-43(7,8)23-13-11-12-14-24-44(9,10)26-16-22-42-36(46)32-20-18-30(40(4,5)6)28-34(32)38(42)48;;/h17-20,27-28H,11-16,21-26H2,1-10H3;2*1H/q+2;;/p-2. The molecule has 8 nitrogen and oxygen atoms in total. The molecule has 50 heavy (non-hydrogen) atoms. The van der Waals surface area contributed by atoms with E-state index in [0.29, 0.717) is 35.3 Å². The lowest BCUT2D eigenvalue weighted by Gasteiger charge is -2.31. The van der Waals surface area contributed by atoms with Crippen LogP contribution in [0.25, 0.3) is 0 Å². The summed E-state index contributed by atoms with van der Waals surface area (Å²) in [5.41, 5.74) is 4.13. The molecule has 0 spiro atoms. The number of carbonyl (C=O) groups excluding carboxylic acids is 4. The molecular formula is C40H60Br2N4O4. The predicted molar refractivity (Wildman–Crippen MR) is 192 cm³/mol. The van der Waals surface area contributed by atoms with E-state index < -0.39 is 0 Å². The highest BCUT2D eigenvalue weighted by Gasteiger charge is 2.37. The van der Waals surface area contributed by atoms with Crippen molar-refractivity contribution in [2.45, 2.75) is 90.9 Å². The van der Waals surface area contributed by atoms with Crippen LogP contribution < -0.4 is 34.0 Å². The number of imide groups is 2. The molecule has 4 rings (SSSR count). The number of fused-ring (bicyclic) bond motifs is 2. The molecule has 0 saturated heterocycles. The number of quaternary nitrogens is 2. The van der Waals surface area contributed by atoms with Gasteiger partial charge in [0.25, 0.3) is 23.6 Å². The maximum atomic E-state index is 13.1. The van der Waals surface area contributed by atoms with Gasteiger partial charge in [-0.1, -0.05) is 53.7 Å². The first kappa shape index (κ1) is 43.8. The molecule has 2 aliphatic rings. The Hall–Kier alpha value is -2.40. The zero-order valence-electron chi connectivity index (χ0n) is 32.1. The van der Waals surface area contributed by atoms with Gasteiger partial charge in [-0.25, -0.2) is 0 Å². The van der Waals surface area contributed by atoms with Crippen molar-refractivity contribution < 1.29 is 62.1 Å². The largest absolute Gasteiger partial charge is 1.00 e. The average molecular weight is 821 g/mol. The van der Waals surface area contributed by atoms with Crippen LogP contribution in [-0.4, -0.2) is 110 Å². The van der Waals surface area contributed by atoms with E-state index in [4.69, 9.17) is 0 Å². The maximum absolute atomic E-state index is 13.1. The molecule has 0 aromatic heterocycles. The van der Waals surface area contributed by atoms with Gasteiger partial charge in [0, 0.05) is 25.9 Å². The summed E-state index contributed by atoms with van der Waals surface area (Å²) in [6, 6.07) is 11.4. The van der Waals surface area contributed by atoms with Gasteiger partial charge >= 0.3 is 0 Å². The molecule has 2 aliphatic heterocycles. The van der Waals surface area contributed by atoms with Gasteiger partial charge < -0.3 is 42.9 Å². The molecule has 0 bridgehead atoms. The van der Waals surface area contributed by atoms with Gasteiger partial charge in [-0.15, -0.1) is 0 Å². The Labute approximate surface area is 322 Å². The Morgan fingerprint density at radius 1 is 0.460 bits per heavy atom. The normalized spacial score (nSPS) is 14.9. The second kappa shape index (κ2) is 17.0. The molecule has 0 aliphatic carbocycles. The van der Waals surface area contributed by atoms with Crippen LogP contribution in [0.2, 0.25) is 0 Å². The van der Waals surface area contributed by atoms with Crippen LogP contribution in [0.3, 0.4) is 0 Å². The number of nitrogens with zero attached hydrogens (tertiary/aromatic N) is 4. The maximum Gasteiger partial charge on any atom is 0.261 e. The summed E-state index contributed by atoms with van der Waals surface area (Å²) in [7, 11) is 8.93. The van der Waals surface area contributed by atoms with E-state index in [-0.39, 0.29) is 68.4 Å². The molecule has 0 fully saturated rings. The van der Waals surface area contributed by atoms with E-state index in [1.54, 1.807) is 0 Å². The van der Waals surface area contributed by atoms with Crippen LogP contribution in [0.4, 0.5) is 0 Å². The number of unbranched alkanes of at least 4 members (excludes halogenated alkanes) is 3. The second-order valence-electron chi connectivity index (χ2n) is 17.4. The van der Waals surface area contributed by atoms with Crippen molar-refractivity contribution in [2.24, 2.45) is 0 Å². The van der Waals surface area contributed by atoms with Gasteiger partial charge in [-0.05, 0) is 71.9 Å². The van der Waals surface area contributed by atoms with E-state index in [1.165, 1.54) is 22.6 Å². The molecule has 0 N–H and O–H groups in total. The van der Waals surface area contributed by atoms with Gasteiger partial charge in [0.2, 0.25) is 0 Å². The minimum atomic E-state index is -0.166. The number of carbonyl (C=O) groups is 4. The lowest BCUT2D eigenvalue weighted by molar-refractivity contribution is -0.891. The summed E-state index contributed by atoms with van der Waals surface area (Å²) >= 11 is 0. The highest BCUT2D eigenvalue weighted by molar-refractivity contribution is 6.22. The van der Waals surface area contributed by atoms with Crippen molar-refractivity contribution >= 4 is 23.6 Å². The fraction of sp³-hybridized carbons (Fsp3) is 0.600. The van der Waals surface area contributed by atoms with E-state index in [0.717, 1.165) is 72.0 Å². The van der Waals surface area contributed by atoms with Crippen molar-refractivity contribution in [2.75, 3.05) is 67.5 Å². The molecule has 278 valence electrons. The highest BCUT2D eigenvalue weighted by Crippen LogP contribution is 2.31. The zero-order chi connectivity index (χ0) is 35.7. The Balaban J connectivity index is 0.00000433. The van der Waals surface area contributed by atoms with Crippen LogP contribution in [0.5, 0.6) is 0 Å². The number of benzene rings is 2. The van der Waals surface area contributed by atoms with Crippen molar-refractivity contribution in [1.29, 1.82) is 0 Å². The van der Waals surface area contributed by atoms with Crippen LogP contribution in [0.1, 0.15) is 133 Å². The number of rotatable bonds is 15. The van der Waals surface area contributed by atoms with Crippen LogP contribution in [0.15, 0.2) is 36.4 Å². The van der Waals surface area contributed by atoms with Gasteiger partial charge in [0.1, 0.15) is 0 Å². The first-order chi connectivity index (χ1) is 22.2. The molecular weight excluding hydrogens is 760 g/mol. The molecule has 0 radical (unpaired) electrons. The Bertz CT molecular complexity index is 1440. The lowest BCUT2D eigenvalue weighted by Crippen LogP contribution is -3.00. The predicted octanol–water partition coefficient (Wildman–Crippen LogP) is 0.675. The molecule has 2 heterocycles. The fourth-order valence-electron chi connectivity index (χ4n) is 6.89. The average Bonchev–Trinajstić information content (AvgIpc) is 3.37. The quantitative estimate of drug-likeness (QED) is 0.151. The third-order valence-corrected chi connectivity index (χ3v) is 10.2. The minimum Gasteiger partial charge on any atom is -1.00 e. The smallest absolute Gasteiger partial charge is 0.261 e. The molecule has 0 unspecified atom stereocenters. The molecule has 0 saturated carbocycles. The van der Waals surface area contributed by atoms with E-state index in [1.807, 2.05) is 36.4 Å². The topological polar surface area (TPSA) is 74.8 Å². The van der Waals surface area contributed by atoms with Crippen LogP contribution in [-0.2, 0) is 10.8 Å². The summed E-state index contributed by atoms with van der Waals surface area (Å²) in [5, 5.41) is 0. The van der Waals surface area contributed by atoms with Gasteiger partial charge in [0.05, 0.1) is 76.6 Å². The molecule has 2 aromatic carbocycles. The SMILES string of the molecule is CC(C)(C)c1ccc2c(c1)C(=O)N(CCC[N+](C)(C)CCCCCC[N+](C)(C)CCCN1C(=O)c3ccc(C(C)(C)C)cc3C1=O)C2=O.[Br-].[Br-]. The van der Waals surface area contributed by atoms with Crippen molar-refractivity contribution in [1.82, 2.24) is 9.80 Å². The minimum absolute atomic E-state index is 0. The number of halogens is 2. The molecule has 4 amide bonds. The lowest BCUT2D eigenvalue weighted by atomic mass is 9.85. The van der Waals surface area contributed by atoms with Crippen molar-refractivity contribution in [3.05, 3.63) is 69.8 Å². The Morgan fingerprint density at radius 3 is 1.08 bits per heavy atom. The van der Waals surface area contributed by atoms with E-state index >= 15 is 0 Å². The number of amides is 4. The number of hydrogen-bond donors (Lipinski definition) is 0.